The summed E-state index contributed by atoms with van der Waals surface area (Å²) in [6.07, 6.45) is -5.02. The monoisotopic (exact) mass is 509 g/mol. The fourth-order valence-electron chi connectivity index (χ4n) is 4.23. The first-order valence-corrected chi connectivity index (χ1v) is 11.9. The number of halogens is 6. The van der Waals surface area contributed by atoms with Gasteiger partial charge in [-0.3, -0.25) is 9.59 Å². The molecule has 3 N–H and O–H groups in total. The molecule has 2 rings (SSSR count). The van der Waals surface area contributed by atoms with Crippen LogP contribution in [0.1, 0.15) is 73.9 Å². The molecule has 1 aliphatic carbocycles. The Labute approximate surface area is 201 Å². The van der Waals surface area contributed by atoms with Gasteiger partial charge in [-0.2, -0.15) is 26.3 Å². The fraction of sp³-hybridized carbons (Fsp3) is 0.667. The van der Waals surface area contributed by atoms with Gasteiger partial charge in [0, 0.05) is 18.2 Å². The minimum Gasteiger partial charge on any atom is -0.352 e. The topological polar surface area (TPSA) is 70.2 Å². The number of hydrogen-bond acceptors (Lipinski definition) is 3. The predicted octanol–water partition coefficient (Wildman–Crippen LogP) is 5.15. The molecule has 1 aromatic rings. The average molecular weight is 510 g/mol. The smallest absolute Gasteiger partial charge is 0.352 e. The number of carbonyl (C=O) groups is 2. The summed E-state index contributed by atoms with van der Waals surface area (Å²) in [6.45, 7) is 5.13. The van der Waals surface area contributed by atoms with Crippen LogP contribution in [0.2, 0.25) is 0 Å². The summed E-state index contributed by atoms with van der Waals surface area (Å²) in [5.74, 6) is -0.561. The van der Waals surface area contributed by atoms with Crippen molar-refractivity contribution in [3.05, 3.63) is 34.9 Å². The molecule has 1 aromatic carbocycles. The van der Waals surface area contributed by atoms with E-state index in [0.29, 0.717) is 24.6 Å². The number of rotatable bonds is 10. The van der Waals surface area contributed by atoms with Crippen molar-refractivity contribution in [1.82, 2.24) is 16.0 Å². The SMILES string of the molecule is CCC(CC)NC(=O)CNC[C@H]1CC[C@H](CNC(=O)c2cc(C(F)(F)F)cc(C(F)(F)F)c2)CC1. The summed E-state index contributed by atoms with van der Waals surface area (Å²) >= 11 is 0. The second kappa shape index (κ2) is 12.6. The number of nitrogens with one attached hydrogen (secondary N) is 3. The highest BCUT2D eigenvalue weighted by Gasteiger charge is 2.37. The molecule has 11 heteroatoms. The van der Waals surface area contributed by atoms with Crippen LogP contribution in [-0.4, -0.2) is 37.5 Å². The lowest BCUT2D eigenvalue weighted by Crippen LogP contribution is -2.41. The molecule has 0 unspecified atom stereocenters. The molecule has 1 saturated carbocycles. The van der Waals surface area contributed by atoms with Crippen LogP contribution in [0.4, 0.5) is 26.3 Å². The van der Waals surface area contributed by atoms with Crippen molar-refractivity contribution in [3.63, 3.8) is 0 Å². The maximum Gasteiger partial charge on any atom is 0.416 e. The highest BCUT2D eigenvalue weighted by atomic mass is 19.4. The van der Waals surface area contributed by atoms with Gasteiger partial charge in [-0.15, -0.1) is 0 Å². The summed E-state index contributed by atoms with van der Waals surface area (Å²) in [5, 5.41) is 8.61. The van der Waals surface area contributed by atoms with Gasteiger partial charge < -0.3 is 16.0 Å². The molecule has 35 heavy (non-hydrogen) atoms. The highest BCUT2D eigenvalue weighted by molar-refractivity contribution is 5.94. The normalized spacial score (nSPS) is 19.0. The Morgan fingerprint density at radius 1 is 0.857 bits per heavy atom. The van der Waals surface area contributed by atoms with Crippen LogP contribution in [0.25, 0.3) is 0 Å². The molecule has 0 radical (unpaired) electrons. The van der Waals surface area contributed by atoms with E-state index >= 15 is 0 Å². The van der Waals surface area contributed by atoms with Gasteiger partial charge in [0.15, 0.2) is 0 Å². The minimum atomic E-state index is -5.00. The Kier molecular flexibility index (Phi) is 10.4. The number of amides is 2. The molecule has 0 spiro atoms. The van der Waals surface area contributed by atoms with Gasteiger partial charge in [0.25, 0.3) is 5.91 Å². The highest BCUT2D eigenvalue weighted by Crippen LogP contribution is 2.36. The summed E-state index contributed by atoms with van der Waals surface area (Å²) in [4.78, 5) is 24.3. The maximum atomic E-state index is 13.0. The lowest BCUT2D eigenvalue weighted by atomic mass is 9.82. The third-order valence-corrected chi connectivity index (χ3v) is 6.44. The maximum absolute atomic E-state index is 13.0. The molecule has 0 aliphatic heterocycles. The zero-order valence-electron chi connectivity index (χ0n) is 19.9. The van der Waals surface area contributed by atoms with E-state index in [2.05, 4.69) is 16.0 Å². The molecular weight excluding hydrogens is 476 g/mol. The quantitative estimate of drug-likeness (QED) is 0.382. The Bertz CT molecular complexity index is 812. The lowest BCUT2D eigenvalue weighted by molar-refractivity contribution is -0.143. The minimum absolute atomic E-state index is 0.00165. The fourth-order valence-corrected chi connectivity index (χ4v) is 4.23. The van der Waals surface area contributed by atoms with E-state index in [1.807, 2.05) is 13.8 Å². The van der Waals surface area contributed by atoms with E-state index < -0.39 is 35.0 Å². The molecule has 0 bridgehead atoms. The van der Waals surface area contributed by atoms with E-state index in [4.69, 9.17) is 0 Å². The first-order chi connectivity index (χ1) is 16.3. The van der Waals surface area contributed by atoms with Crippen molar-refractivity contribution in [2.24, 2.45) is 11.8 Å². The first-order valence-electron chi connectivity index (χ1n) is 11.9. The summed E-state index contributed by atoms with van der Waals surface area (Å²) in [7, 11) is 0. The van der Waals surface area contributed by atoms with Gasteiger partial charge in [0.1, 0.15) is 0 Å². The lowest BCUT2D eigenvalue weighted by Gasteiger charge is -2.29. The molecule has 1 fully saturated rings. The Morgan fingerprint density at radius 2 is 1.34 bits per heavy atom. The van der Waals surface area contributed by atoms with Crippen LogP contribution in [0.3, 0.4) is 0 Å². The van der Waals surface area contributed by atoms with Crippen molar-refractivity contribution < 1.29 is 35.9 Å². The van der Waals surface area contributed by atoms with Crippen LogP contribution in [-0.2, 0) is 17.1 Å². The van der Waals surface area contributed by atoms with Crippen LogP contribution >= 0.6 is 0 Å². The van der Waals surface area contributed by atoms with Crippen molar-refractivity contribution in [2.45, 2.75) is 70.8 Å². The van der Waals surface area contributed by atoms with Crippen LogP contribution in [0.15, 0.2) is 18.2 Å². The van der Waals surface area contributed by atoms with Crippen molar-refractivity contribution >= 4 is 11.8 Å². The molecule has 0 heterocycles. The molecule has 198 valence electrons. The second-order valence-corrected chi connectivity index (χ2v) is 9.10. The Morgan fingerprint density at radius 3 is 1.80 bits per heavy atom. The van der Waals surface area contributed by atoms with E-state index in [-0.39, 0.29) is 37.0 Å². The standard InChI is InChI=1S/C24H33F6N3O2/c1-3-20(4-2)33-21(34)14-31-12-15-5-7-16(8-6-15)13-32-22(35)17-9-18(23(25,26)27)11-19(10-17)24(28,29)30/h9-11,15-16,20,31H,3-8,12-14H2,1-2H3,(H,32,35)(H,33,34)/t15-,16-. The number of carbonyl (C=O) groups excluding carboxylic acids is 2. The van der Waals surface area contributed by atoms with Crippen molar-refractivity contribution in [3.8, 4) is 0 Å². The third kappa shape index (κ3) is 9.35. The Balaban J connectivity index is 1.80. The largest absolute Gasteiger partial charge is 0.416 e. The van der Waals surface area contributed by atoms with Gasteiger partial charge in [-0.05, 0) is 75.1 Å². The summed E-state index contributed by atoms with van der Waals surface area (Å²) < 4.78 is 78.0. The number of hydrogen-bond donors (Lipinski definition) is 3. The van der Waals surface area contributed by atoms with Gasteiger partial charge in [-0.1, -0.05) is 13.8 Å². The number of benzene rings is 1. The molecular formula is C24H33F6N3O2. The summed E-state index contributed by atoms with van der Waals surface area (Å²) in [5.41, 5.74) is -3.70. The Hall–Kier alpha value is -2.30. The molecule has 0 saturated heterocycles. The first kappa shape index (κ1) is 28.9. The van der Waals surface area contributed by atoms with Gasteiger partial charge in [-0.25, -0.2) is 0 Å². The van der Waals surface area contributed by atoms with Crippen LogP contribution < -0.4 is 16.0 Å². The zero-order chi connectivity index (χ0) is 26.2. The predicted molar refractivity (Wildman–Crippen MR) is 120 cm³/mol. The van der Waals surface area contributed by atoms with Gasteiger partial charge >= 0.3 is 12.4 Å². The molecule has 5 nitrogen and oxygen atoms in total. The van der Waals surface area contributed by atoms with Gasteiger partial charge in [0.2, 0.25) is 5.91 Å². The summed E-state index contributed by atoms with van der Waals surface area (Å²) in [6, 6.07) is 1.05. The molecule has 1 aliphatic rings. The van der Waals surface area contributed by atoms with E-state index in [0.717, 1.165) is 38.5 Å². The molecule has 2 amide bonds. The number of alkyl halides is 6. The average Bonchev–Trinajstić information content (AvgIpc) is 2.80. The van der Waals surface area contributed by atoms with Crippen LogP contribution in [0.5, 0.6) is 0 Å². The van der Waals surface area contributed by atoms with E-state index in [9.17, 15) is 35.9 Å². The zero-order valence-corrected chi connectivity index (χ0v) is 19.9. The van der Waals surface area contributed by atoms with Crippen molar-refractivity contribution in [1.29, 1.82) is 0 Å². The third-order valence-electron chi connectivity index (χ3n) is 6.44. The molecule has 0 atom stereocenters. The van der Waals surface area contributed by atoms with E-state index in [1.165, 1.54) is 0 Å². The van der Waals surface area contributed by atoms with Gasteiger partial charge in [0.05, 0.1) is 17.7 Å². The van der Waals surface area contributed by atoms with E-state index in [1.54, 1.807) is 0 Å². The van der Waals surface area contributed by atoms with Crippen LogP contribution in [0, 0.1) is 11.8 Å². The van der Waals surface area contributed by atoms with Crippen molar-refractivity contribution in [2.75, 3.05) is 19.6 Å². The molecule has 0 aromatic heterocycles. The second-order valence-electron chi connectivity index (χ2n) is 9.10.